The monoisotopic (exact) mass is 449 g/mol. The van der Waals surface area contributed by atoms with E-state index in [1.54, 1.807) is 35.1 Å². The molecule has 0 saturated heterocycles. The van der Waals surface area contributed by atoms with Crippen molar-refractivity contribution in [1.82, 2.24) is 20.2 Å². The largest absolute Gasteiger partial charge is 0.337 e. The van der Waals surface area contributed by atoms with E-state index in [0.717, 1.165) is 16.6 Å². The molecule has 0 atom stereocenters. The molecule has 2 amide bonds. The van der Waals surface area contributed by atoms with Crippen LogP contribution in [0, 0.1) is 0 Å². The fourth-order valence-electron chi connectivity index (χ4n) is 3.35. The van der Waals surface area contributed by atoms with Crippen molar-refractivity contribution in [2.75, 3.05) is 17.0 Å². The molecule has 0 spiro atoms. The minimum Gasteiger partial charge on any atom is -0.337 e. The predicted molar refractivity (Wildman–Crippen MR) is 124 cm³/mol. The fourth-order valence-corrected chi connectivity index (χ4v) is 4.31. The van der Waals surface area contributed by atoms with Gasteiger partial charge >= 0.3 is 6.03 Å². The number of sulfonamides is 1. The molecule has 0 bridgehead atoms. The maximum Gasteiger partial charge on any atom is 0.315 e. The van der Waals surface area contributed by atoms with Crippen molar-refractivity contribution >= 4 is 27.3 Å². The van der Waals surface area contributed by atoms with Gasteiger partial charge in [0.1, 0.15) is 0 Å². The Labute approximate surface area is 186 Å². The molecule has 164 valence electrons. The van der Waals surface area contributed by atoms with Crippen LogP contribution < -0.4 is 15.4 Å². The molecule has 0 radical (unpaired) electrons. The summed E-state index contributed by atoms with van der Waals surface area (Å²) in [6.07, 6.45) is 3.31. The number of fused-ring (bicyclic) bond motifs is 1. The Balaban J connectivity index is 1.34. The van der Waals surface area contributed by atoms with Crippen LogP contribution in [-0.2, 0) is 10.0 Å². The normalized spacial score (nSPS) is 11.4. The molecule has 8 nitrogen and oxygen atoms in total. The molecule has 0 aliphatic carbocycles. The Morgan fingerprint density at radius 1 is 0.938 bits per heavy atom. The summed E-state index contributed by atoms with van der Waals surface area (Å²) >= 11 is 0. The van der Waals surface area contributed by atoms with Gasteiger partial charge in [0.25, 0.3) is 0 Å². The van der Waals surface area contributed by atoms with E-state index in [4.69, 9.17) is 0 Å². The number of pyridine rings is 1. The number of carbonyl (C=O) groups excluding carboxylic acids is 1. The number of amides is 2. The lowest BCUT2D eigenvalue weighted by Crippen LogP contribution is -2.40. The number of nitrogens with zero attached hydrogens (tertiary/aromatic N) is 2. The van der Waals surface area contributed by atoms with Gasteiger partial charge < -0.3 is 10.6 Å². The number of hydrogen-bond acceptors (Lipinski definition) is 4. The second-order valence-electron chi connectivity index (χ2n) is 7.19. The minimum absolute atomic E-state index is 0.0353. The van der Waals surface area contributed by atoms with Gasteiger partial charge in [0.2, 0.25) is 10.0 Å². The maximum atomic E-state index is 12.5. The molecule has 4 aromatic rings. The third kappa shape index (κ3) is 5.44. The minimum atomic E-state index is -3.64. The summed E-state index contributed by atoms with van der Waals surface area (Å²) in [5, 5.41) is 9.64. The smallest absolute Gasteiger partial charge is 0.315 e. The van der Waals surface area contributed by atoms with Crippen molar-refractivity contribution in [1.29, 1.82) is 0 Å². The zero-order valence-electron chi connectivity index (χ0n) is 17.2. The van der Waals surface area contributed by atoms with E-state index in [1.807, 2.05) is 60.7 Å². The van der Waals surface area contributed by atoms with Gasteiger partial charge in [-0.1, -0.05) is 60.7 Å². The molecular weight excluding hydrogens is 426 g/mol. The van der Waals surface area contributed by atoms with Gasteiger partial charge in [0.05, 0.1) is 23.0 Å². The van der Waals surface area contributed by atoms with Crippen LogP contribution in [0.1, 0.15) is 17.2 Å². The first-order valence-corrected chi connectivity index (χ1v) is 11.7. The summed E-state index contributed by atoms with van der Waals surface area (Å²) in [4.78, 5) is 12.5. The van der Waals surface area contributed by atoms with Gasteiger partial charge in [0.15, 0.2) is 0 Å². The predicted octanol–water partition coefficient (Wildman–Crippen LogP) is 3.16. The van der Waals surface area contributed by atoms with Crippen molar-refractivity contribution in [2.45, 2.75) is 6.04 Å². The average Bonchev–Trinajstić information content (AvgIpc) is 3.26. The number of carbonyl (C=O) groups is 1. The highest BCUT2D eigenvalue weighted by Gasteiger charge is 2.17. The van der Waals surface area contributed by atoms with E-state index >= 15 is 0 Å². The van der Waals surface area contributed by atoms with Crippen LogP contribution in [0.2, 0.25) is 0 Å². The SMILES string of the molecule is O=C(NCCS(=O)(=O)Nc1ccn2nccc2c1)NC(c1ccccc1)c1ccccc1. The number of urea groups is 1. The number of anilines is 1. The molecule has 0 fully saturated rings. The van der Waals surface area contributed by atoms with Gasteiger partial charge in [0, 0.05) is 18.9 Å². The van der Waals surface area contributed by atoms with Crippen LogP contribution in [0.15, 0.2) is 91.3 Å². The van der Waals surface area contributed by atoms with Gasteiger partial charge in [-0.3, -0.25) is 4.72 Å². The number of nitrogens with one attached hydrogen (secondary N) is 3. The Morgan fingerprint density at radius 2 is 1.59 bits per heavy atom. The zero-order chi connectivity index (χ0) is 22.4. The summed E-state index contributed by atoms with van der Waals surface area (Å²) in [6.45, 7) is -0.0353. The van der Waals surface area contributed by atoms with Gasteiger partial charge in [-0.15, -0.1) is 0 Å². The molecule has 2 heterocycles. The molecule has 4 rings (SSSR count). The number of hydrogen-bond donors (Lipinski definition) is 3. The van der Waals surface area contributed by atoms with E-state index in [-0.39, 0.29) is 18.3 Å². The highest BCUT2D eigenvalue weighted by Crippen LogP contribution is 2.21. The Kier molecular flexibility index (Phi) is 6.37. The fraction of sp³-hybridized carbons (Fsp3) is 0.130. The highest BCUT2D eigenvalue weighted by atomic mass is 32.2. The van der Waals surface area contributed by atoms with Crippen LogP contribution in [0.3, 0.4) is 0 Å². The van der Waals surface area contributed by atoms with E-state index in [1.165, 1.54) is 0 Å². The summed E-state index contributed by atoms with van der Waals surface area (Å²) in [7, 11) is -3.64. The van der Waals surface area contributed by atoms with Crippen molar-refractivity contribution in [3.8, 4) is 0 Å². The van der Waals surface area contributed by atoms with Crippen LogP contribution in [0.5, 0.6) is 0 Å². The molecule has 0 aliphatic rings. The first kappa shape index (κ1) is 21.4. The number of aromatic nitrogens is 2. The van der Waals surface area contributed by atoms with Crippen LogP contribution in [0.4, 0.5) is 10.5 Å². The van der Waals surface area contributed by atoms with Crippen LogP contribution >= 0.6 is 0 Å². The molecule has 0 saturated carbocycles. The third-order valence-electron chi connectivity index (χ3n) is 4.87. The molecule has 3 N–H and O–H groups in total. The van der Waals surface area contributed by atoms with E-state index < -0.39 is 16.1 Å². The molecule has 2 aromatic carbocycles. The summed E-state index contributed by atoms with van der Waals surface area (Å²) in [5.74, 6) is -0.258. The standard InChI is InChI=1S/C23H23N5O3S/c29-23(26-22(18-7-3-1-4-8-18)19-9-5-2-6-10-19)24-14-16-32(30,31)27-20-12-15-28-21(17-20)11-13-25-28/h1-13,15,17,22,27H,14,16H2,(H2,24,26,29). The number of benzene rings is 2. The van der Waals surface area contributed by atoms with Crippen molar-refractivity contribution in [2.24, 2.45) is 0 Å². The van der Waals surface area contributed by atoms with Gasteiger partial charge in [-0.05, 0) is 29.3 Å². The lowest BCUT2D eigenvalue weighted by molar-refractivity contribution is 0.239. The van der Waals surface area contributed by atoms with Crippen LogP contribution in [0.25, 0.3) is 5.52 Å². The topological polar surface area (TPSA) is 105 Å². The lowest BCUT2D eigenvalue weighted by Gasteiger charge is -2.20. The van der Waals surface area contributed by atoms with Crippen molar-refractivity contribution < 1.29 is 13.2 Å². The first-order valence-electron chi connectivity index (χ1n) is 10.1. The Hall–Kier alpha value is -3.85. The second kappa shape index (κ2) is 9.52. The van der Waals surface area contributed by atoms with E-state index in [2.05, 4.69) is 20.5 Å². The third-order valence-corrected chi connectivity index (χ3v) is 6.16. The Morgan fingerprint density at radius 3 is 2.25 bits per heavy atom. The maximum absolute atomic E-state index is 12.5. The first-order chi connectivity index (χ1) is 15.5. The van der Waals surface area contributed by atoms with Crippen molar-refractivity contribution in [3.05, 3.63) is 102 Å². The quantitative estimate of drug-likeness (QED) is 0.384. The summed E-state index contributed by atoms with van der Waals surface area (Å²) in [5.41, 5.74) is 3.07. The molecule has 2 aromatic heterocycles. The van der Waals surface area contributed by atoms with Gasteiger partial charge in [-0.2, -0.15) is 5.10 Å². The van der Waals surface area contributed by atoms with E-state index in [9.17, 15) is 13.2 Å². The molecule has 9 heteroatoms. The van der Waals surface area contributed by atoms with Crippen molar-refractivity contribution in [3.63, 3.8) is 0 Å². The second-order valence-corrected chi connectivity index (χ2v) is 9.03. The van der Waals surface area contributed by atoms with Gasteiger partial charge in [-0.25, -0.2) is 17.7 Å². The lowest BCUT2D eigenvalue weighted by atomic mass is 9.99. The summed E-state index contributed by atoms with van der Waals surface area (Å²) in [6, 6.07) is 23.5. The highest BCUT2D eigenvalue weighted by molar-refractivity contribution is 7.92. The summed E-state index contributed by atoms with van der Waals surface area (Å²) < 4.78 is 29.0. The average molecular weight is 450 g/mol. The molecular formula is C23H23N5O3S. The van der Waals surface area contributed by atoms with Crippen LogP contribution in [-0.4, -0.2) is 36.4 Å². The number of rotatable bonds is 8. The molecule has 0 unspecified atom stereocenters. The zero-order valence-corrected chi connectivity index (χ0v) is 18.0. The molecule has 0 aliphatic heterocycles. The Bertz CT molecular complexity index is 1250. The van der Waals surface area contributed by atoms with E-state index in [0.29, 0.717) is 5.69 Å². The molecule has 32 heavy (non-hydrogen) atoms.